The molecule has 0 amide bonds. The number of anilines is 1. The lowest BCUT2D eigenvalue weighted by molar-refractivity contribution is 0.150. The quantitative estimate of drug-likeness (QED) is 0.532. The van der Waals surface area contributed by atoms with Gasteiger partial charge in [0.05, 0.1) is 0 Å². The number of piperidine rings is 2. The van der Waals surface area contributed by atoms with E-state index in [0.717, 1.165) is 18.6 Å². The van der Waals surface area contributed by atoms with Crippen LogP contribution in [0, 0.1) is 0 Å². The fraction of sp³-hybridized carbons (Fsp3) is 0.750. The molecular formula is C24H39N3. The lowest BCUT2D eigenvalue weighted by atomic mass is 10.0. The second kappa shape index (κ2) is 9.43. The highest BCUT2D eigenvalue weighted by molar-refractivity contribution is 5.45. The summed E-state index contributed by atoms with van der Waals surface area (Å²) in [6, 6.07) is 11.9. The van der Waals surface area contributed by atoms with Gasteiger partial charge in [-0.1, -0.05) is 38.3 Å². The Morgan fingerprint density at radius 3 is 2.41 bits per heavy atom. The van der Waals surface area contributed by atoms with E-state index in [9.17, 15) is 0 Å². The summed E-state index contributed by atoms with van der Waals surface area (Å²) < 4.78 is 0. The molecule has 4 heterocycles. The molecule has 4 saturated heterocycles. The molecule has 1 aromatic carbocycles. The average molecular weight is 370 g/mol. The molecule has 27 heavy (non-hydrogen) atoms. The van der Waals surface area contributed by atoms with E-state index in [0.29, 0.717) is 6.04 Å². The minimum Gasteiger partial charge on any atom is -0.385 e. The summed E-state index contributed by atoms with van der Waals surface area (Å²) in [4.78, 5) is 5.30. The maximum absolute atomic E-state index is 3.54. The minimum atomic E-state index is 0.685. The average Bonchev–Trinajstić information content (AvgIpc) is 3.12. The molecule has 5 rings (SSSR count). The SMILES string of the molecule is C1CC2CN2C1.CCCCCNc1ccc(C2CCC3CCCCN32)cc1. The number of hydrogen-bond donors (Lipinski definition) is 1. The predicted octanol–water partition coefficient (Wildman–Crippen LogP) is 5.44. The molecule has 4 unspecified atom stereocenters. The van der Waals surface area contributed by atoms with Crippen LogP contribution in [-0.2, 0) is 0 Å². The Kier molecular flexibility index (Phi) is 6.73. The van der Waals surface area contributed by atoms with Crippen molar-refractivity contribution >= 4 is 5.69 Å². The molecule has 1 aromatic rings. The highest BCUT2D eigenvalue weighted by atomic mass is 15.3. The van der Waals surface area contributed by atoms with Crippen LogP contribution in [0.5, 0.6) is 0 Å². The molecule has 0 spiro atoms. The third kappa shape index (κ3) is 5.06. The molecule has 1 N–H and O–H groups in total. The molecule has 0 saturated carbocycles. The Hall–Kier alpha value is -1.06. The first kappa shape index (κ1) is 19.3. The Labute approximate surface area is 166 Å². The highest BCUT2D eigenvalue weighted by Gasteiger charge is 2.37. The van der Waals surface area contributed by atoms with Crippen LogP contribution in [0.3, 0.4) is 0 Å². The van der Waals surface area contributed by atoms with Gasteiger partial charge < -0.3 is 5.32 Å². The summed E-state index contributed by atoms with van der Waals surface area (Å²) >= 11 is 0. The molecule has 4 aliphatic rings. The predicted molar refractivity (Wildman–Crippen MR) is 115 cm³/mol. The number of hydrogen-bond acceptors (Lipinski definition) is 3. The van der Waals surface area contributed by atoms with Crippen LogP contribution < -0.4 is 5.32 Å². The summed E-state index contributed by atoms with van der Waals surface area (Å²) in [5, 5.41) is 3.54. The summed E-state index contributed by atoms with van der Waals surface area (Å²) in [6.45, 7) is 7.48. The molecule has 3 heteroatoms. The van der Waals surface area contributed by atoms with Crippen LogP contribution in [0.15, 0.2) is 24.3 Å². The van der Waals surface area contributed by atoms with Crippen molar-refractivity contribution in [3.63, 3.8) is 0 Å². The van der Waals surface area contributed by atoms with E-state index in [-0.39, 0.29) is 0 Å². The van der Waals surface area contributed by atoms with Gasteiger partial charge in [-0.05, 0) is 75.7 Å². The summed E-state index contributed by atoms with van der Waals surface area (Å²) in [7, 11) is 0. The van der Waals surface area contributed by atoms with Gasteiger partial charge in [-0.15, -0.1) is 0 Å². The third-order valence-electron chi connectivity index (χ3n) is 7.06. The monoisotopic (exact) mass is 369 g/mol. The van der Waals surface area contributed by atoms with Gasteiger partial charge in [0, 0.05) is 36.9 Å². The molecule has 0 radical (unpaired) electrons. The fourth-order valence-corrected chi connectivity index (χ4v) is 5.35. The number of benzene rings is 1. The van der Waals surface area contributed by atoms with Crippen LogP contribution >= 0.6 is 0 Å². The van der Waals surface area contributed by atoms with E-state index >= 15 is 0 Å². The first-order valence-corrected chi connectivity index (χ1v) is 11.7. The molecule has 0 aliphatic carbocycles. The lowest BCUT2D eigenvalue weighted by Crippen LogP contribution is -2.35. The second-order valence-corrected chi connectivity index (χ2v) is 9.03. The Balaban J connectivity index is 0.000000250. The van der Waals surface area contributed by atoms with Crippen molar-refractivity contribution in [1.29, 1.82) is 0 Å². The zero-order chi connectivity index (χ0) is 18.5. The topological polar surface area (TPSA) is 18.3 Å². The molecule has 4 atom stereocenters. The number of unbranched alkanes of at least 4 members (excludes halogenated alkanes) is 2. The highest BCUT2D eigenvalue weighted by Crippen LogP contribution is 2.40. The molecule has 4 aliphatic heterocycles. The number of nitrogens with zero attached hydrogens (tertiary/aromatic N) is 2. The summed E-state index contributed by atoms with van der Waals surface area (Å²) in [5.74, 6) is 0. The van der Waals surface area contributed by atoms with E-state index in [1.54, 1.807) is 0 Å². The van der Waals surface area contributed by atoms with Crippen molar-refractivity contribution in [1.82, 2.24) is 9.80 Å². The van der Waals surface area contributed by atoms with Gasteiger partial charge >= 0.3 is 0 Å². The molecular weight excluding hydrogens is 330 g/mol. The zero-order valence-electron chi connectivity index (χ0n) is 17.3. The van der Waals surface area contributed by atoms with E-state index in [1.807, 2.05) is 0 Å². The van der Waals surface area contributed by atoms with Crippen LogP contribution in [0.25, 0.3) is 0 Å². The maximum atomic E-state index is 3.54. The van der Waals surface area contributed by atoms with Gasteiger partial charge in [-0.25, -0.2) is 0 Å². The Bertz CT molecular complexity index is 561. The minimum absolute atomic E-state index is 0.685. The summed E-state index contributed by atoms with van der Waals surface area (Å²) in [5.41, 5.74) is 2.81. The smallest absolute Gasteiger partial charge is 0.0351 e. The van der Waals surface area contributed by atoms with Crippen LogP contribution in [0.2, 0.25) is 0 Å². The van der Waals surface area contributed by atoms with Crippen molar-refractivity contribution in [3.05, 3.63) is 29.8 Å². The van der Waals surface area contributed by atoms with Gasteiger partial charge in [0.1, 0.15) is 0 Å². The third-order valence-corrected chi connectivity index (χ3v) is 7.06. The van der Waals surface area contributed by atoms with E-state index in [4.69, 9.17) is 0 Å². The number of rotatable bonds is 6. The first-order chi connectivity index (χ1) is 13.3. The molecule has 0 aromatic heterocycles. The standard InChI is InChI=1S/C19H30N2.C5H9N/c1-2-3-5-14-20-17-10-8-16(9-11-17)19-13-12-18-7-4-6-15-21(18)19;1-2-5-4-6(5)3-1/h8-11,18-20H,2-7,12-15H2,1H3;5H,1-4H2. The van der Waals surface area contributed by atoms with Crippen molar-refractivity contribution in [2.45, 2.75) is 89.3 Å². The van der Waals surface area contributed by atoms with E-state index < -0.39 is 0 Å². The van der Waals surface area contributed by atoms with Crippen LogP contribution in [0.4, 0.5) is 5.69 Å². The first-order valence-electron chi connectivity index (χ1n) is 11.7. The van der Waals surface area contributed by atoms with Gasteiger partial charge in [0.25, 0.3) is 0 Å². The molecule has 3 nitrogen and oxygen atoms in total. The van der Waals surface area contributed by atoms with Crippen molar-refractivity contribution in [2.75, 3.05) is 31.5 Å². The Morgan fingerprint density at radius 1 is 0.889 bits per heavy atom. The van der Waals surface area contributed by atoms with Gasteiger partial charge in [0.2, 0.25) is 0 Å². The fourth-order valence-electron chi connectivity index (χ4n) is 5.35. The second-order valence-electron chi connectivity index (χ2n) is 9.03. The van der Waals surface area contributed by atoms with Crippen molar-refractivity contribution < 1.29 is 0 Å². The van der Waals surface area contributed by atoms with Gasteiger partial charge in [-0.3, -0.25) is 9.80 Å². The van der Waals surface area contributed by atoms with E-state index in [2.05, 4.69) is 46.3 Å². The molecule has 0 bridgehead atoms. The van der Waals surface area contributed by atoms with Crippen molar-refractivity contribution in [2.24, 2.45) is 0 Å². The lowest BCUT2D eigenvalue weighted by Gasteiger charge is -2.34. The maximum Gasteiger partial charge on any atom is 0.0351 e. The number of nitrogens with one attached hydrogen (secondary N) is 1. The molecule has 4 fully saturated rings. The summed E-state index contributed by atoms with van der Waals surface area (Å²) in [6.07, 6.45) is 13.9. The molecule has 150 valence electrons. The van der Waals surface area contributed by atoms with E-state index in [1.165, 1.54) is 95.1 Å². The Morgan fingerprint density at radius 2 is 1.74 bits per heavy atom. The van der Waals surface area contributed by atoms with Crippen LogP contribution in [-0.4, -0.2) is 48.1 Å². The number of fused-ring (bicyclic) bond motifs is 2. The zero-order valence-corrected chi connectivity index (χ0v) is 17.3. The largest absolute Gasteiger partial charge is 0.385 e. The van der Waals surface area contributed by atoms with Crippen molar-refractivity contribution in [3.8, 4) is 0 Å². The van der Waals surface area contributed by atoms with Gasteiger partial charge in [0.15, 0.2) is 0 Å². The van der Waals surface area contributed by atoms with Crippen LogP contribution in [0.1, 0.15) is 82.7 Å². The van der Waals surface area contributed by atoms with Gasteiger partial charge in [-0.2, -0.15) is 0 Å². The normalized spacial score (nSPS) is 31.6.